The monoisotopic (exact) mass is 254 g/mol. The zero-order valence-electron chi connectivity index (χ0n) is 8.60. The first kappa shape index (κ1) is 14.5. The molecule has 2 heteroatoms. The third-order valence-corrected chi connectivity index (χ3v) is 3.30. The predicted molar refractivity (Wildman–Crippen MR) is 75.0 cm³/mol. The number of rotatable bonds is 4. The number of benzene rings is 2. The molecule has 0 bridgehead atoms. The normalized spacial score (nSPS) is 9.50. The smallest absolute Gasteiger partial charge is 0.0187 e. The molecule has 0 radical (unpaired) electrons. The molecule has 16 heavy (non-hydrogen) atoms. The van der Waals surface area contributed by atoms with E-state index >= 15 is 0 Å². The van der Waals surface area contributed by atoms with E-state index in [1.165, 1.54) is 11.1 Å². The van der Waals surface area contributed by atoms with Crippen LogP contribution >= 0.6 is 11.8 Å². The van der Waals surface area contributed by atoms with Crippen LogP contribution in [0.15, 0.2) is 60.7 Å². The van der Waals surface area contributed by atoms with Crippen LogP contribution in [0.3, 0.4) is 0 Å². The van der Waals surface area contributed by atoms with E-state index in [4.69, 9.17) is 0 Å². The molecule has 0 nitrogen and oxygen atoms in total. The predicted octanol–water partition coefficient (Wildman–Crippen LogP) is 3.47. The maximum absolute atomic E-state index is 2.18. The van der Waals surface area contributed by atoms with Crippen molar-refractivity contribution in [1.29, 1.82) is 0 Å². The molecule has 0 saturated heterocycles. The van der Waals surface area contributed by atoms with Crippen molar-refractivity contribution in [1.82, 2.24) is 0 Å². The van der Waals surface area contributed by atoms with Gasteiger partial charge in [0.1, 0.15) is 0 Å². The van der Waals surface area contributed by atoms with Gasteiger partial charge < -0.3 is 0 Å². The standard InChI is InChI=1S/C14H14S.K.H/c1-3-7-13(8-4-1)11-15-12-14-9-5-2-6-10-14;;/h1-10H,11-12H2;;. The van der Waals surface area contributed by atoms with Crippen LogP contribution in [0.25, 0.3) is 0 Å². The molecule has 0 heterocycles. The minimum Gasteiger partial charge on any atom is -0.152 e. The summed E-state index contributed by atoms with van der Waals surface area (Å²) in [6.45, 7) is 0. The first-order valence-corrected chi connectivity index (χ1v) is 6.26. The minimum absolute atomic E-state index is 0. The first-order valence-electron chi connectivity index (χ1n) is 5.11. The van der Waals surface area contributed by atoms with Gasteiger partial charge in [0, 0.05) is 11.5 Å². The van der Waals surface area contributed by atoms with Gasteiger partial charge in [0.25, 0.3) is 0 Å². The van der Waals surface area contributed by atoms with Gasteiger partial charge in [-0.05, 0) is 11.1 Å². The largest absolute Gasteiger partial charge is 0.152 e. The Labute approximate surface area is 144 Å². The van der Waals surface area contributed by atoms with Gasteiger partial charge in [0.05, 0.1) is 0 Å². The fourth-order valence-electron chi connectivity index (χ4n) is 1.44. The third-order valence-electron chi connectivity index (χ3n) is 2.22. The topological polar surface area (TPSA) is 0 Å². The second-order valence-electron chi connectivity index (χ2n) is 3.46. The molecule has 0 amide bonds. The van der Waals surface area contributed by atoms with E-state index in [-0.39, 0.29) is 51.4 Å². The van der Waals surface area contributed by atoms with Crippen molar-refractivity contribution in [3.63, 3.8) is 0 Å². The molecule has 78 valence electrons. The Morgan fingerprint density at radius 3 is 1.38 bits per heavy atom. The Morgan fingerprint density at radius 2 is 1.00 bits per heavy atom. The molecule has 0 saturated carbocycles. The SMILES string of the molecule is [KH].c1ccc(CSCc2ccccc2)cc1. The average molecular weight is 254 g/mol. The van der Waals surface area contributed by atoms with E-state index in [2.05, 4.69) is 60.7 Å². The molecule has 0 aliphatic rings. The van der Waals surface area contributed by atoms with E-state index in [9.17, 15) is 0 Å². The van der Waals surface area contributed by atoms with Crippen LogP contribution in [0.4, 0.5) is 0 Å². The van der Waals surface area contributed by atoms with Crippen molar-refractivity contribution < 1.29 is 0 Å². The minimum atomic E-state index is 0. The van der Waals surface area contributed by atoms with Gasteiger partial charge in [-0.3, -0.25) is 0 Å². The van der Waals surface area contributed by atoms with Crippen LogP contribution in [0.5, 0.6) is 0 Å². The molecule has 0 aliphatic heterocycles. The van der Waals surface area contributed by atoms with Crippen LogP contribution in [0.1, 0.15) is 11.1 Å². The summed E-state index contributed by atoms with van der Waals surface area (Å²) >= 11 is 1.96. The van der Waals surface area contributed by atoms with E-state index in [0.717, 1.165) is 11.5 Å². The van der Waals surface area contributed by atoms with E-state index in [1.807, 2.05) is 11.8 Å². The molecule has 2 aromatic carbocycles. The maximum atomic E-state index is 2.18. The van der Waals surface area contributed by atoms with Crippen LogP contribution in [-0.4, -0.2) is 51.4 Å². The van der Waals surface area contributed by atoms with Crippen molar-refractivity contribution in [2.75, 3.05) is 0 Å². The van der Waals surface area contributed by atoms with Crippen LogP contribution in [-0.2, 0) is 11.5 Å². The Balaban J connectivity index is 0.00000128. The zero-order chi connectivity index (χ0) is 10.3. The Morgan fingerprint density at radius 1 is 0.625 bits per heavy atom. The summed E-state index contributed by atoms with van der Waals surface area (Å²) in [6, 6.07) is 21.2. The number of hydrogen-bond acceptors (Lipinski definition) is 1. The molecule has 0 fully saturated rings. The summed E-state index contributed by atoms with van der Waals surface area (Å²) in [6.07, 6.45) is 0. The van der Waals surface area contributed by atoms with Gasteiger partial charge in [-0.2, -0.15) is 11.8 Å². The molecule has 2 rings (SSSR count). The molecule has 0 N–H and O–H groups in total. The summed E-state index contributed by atoms with van der Waals surface area (Å²) < 4.78 is 0. The van der Waals surface area contributed by atoms with Crippen molar-refractivity contribution >= 4 is 63.1 Å². The van der Waals surface area contributed by atoms with E-state index < -0.39 is 0 Å². The van der Waals surface area contributed by atoms with Gasteiger partial charge in [0.2, 0.25) is 0 Å². The third kappa shape index (κ3) is 5.17. The summed E-state index contributed by atoms with van der Waals surface area (Å²) in [5.74, 6) is 2.19. The second-order valence-corrected chi connectivity index (χ2v) is 4.45. The van der Waals surface area contributed by atoms with E-state index in [0.29, 0.717) is 0 Å². The first-order chi connectivity index (χ1) is 7.45. The van der Waals surface area contributed by atoms with Crippen molar-refractivity contribution in [2.24, 2.45) is 0 Å². The molecule has 0 aliphatic carbocycles. The van der Waals surface area contributed by atoms with Gasteiger partial charge >= 0.3 is 51.4 Å². The fourth-order valence-corrected chi connectivity index (χ4v) is 2.39. The summed E-state index contributed by atoms with van der Waals surface area (Å²) in [5, 5.41) is 0. The van der Waals surface area contributed by atoms with Gasteiger partial charge in [0.15, 0.2) is 0 Å². The molecular weight excluding hydrogens is 239 g/mol. The van der Waals surface area contributed by atoms with Crippen LogP contribution in [0.2, 0.25) is 0 Å². The molecular formula is C14H15KS. The summed E-state index contributed by atoms with van der Waals surface area (Å²) in [7, 11) is 0. The molecule has 2 aromatic rings. The molecule has 0 spiro atoms. The summed E-state index contributed by atoms with van der Waals surface area (Å²) in [5.41, 5.74) is 2.80. The van der Waals surface area contributed by atoms with E-state index in [1.54, 1.807) is 0 Å². The number of hydrogen-bond donors (Lipinski definition) is 0. The fraction of sp³-hybridized carbons (Fsp3) is 0.143. The van der Waals surface area contributed by atoms with Crippen LogP contribution in [0, 0.1) is 0 Å². The maximum Gasteiger partial charge on any atom is 0.0187 e. The molecule has 0 unspecified atom stereocenters. The average Bonchev–Trinajstić information content (AvgIpc) is 2.32. The Bertz CT molecular complexity index is 346. The van der Waals surface area contributed by atoms with Crippen LogP contribution < -0.4 is 0 Å². The van der Waals surface area contributed by atoms with Crippen molar-refractivity contribution in [3.05, 3.63) is 71.8 Å². The van der Waals surface area contributed by atoms with Crippen molar-refractivity contribution in [3.8, 4) is 0 Å². The summed E-state index contributed by atoms with van der Waals surface area (Å²) in [4.78, 5) is 0. The molecule has 0 atom stereocenters. The molecule has 0 aromatic heterocycles. The van der Waals surface area contributed by atoms with Gasteiger partial charge in [-0.25, -0.2) is 0 Å². The quantitative estimate of drug-likeness (QED) is 0.753. The Kier molecular flexibility index (Phi) is 7.70. The van der Waals surface area contributed by atoms with Gasteiger partial charge in [-0.15, -0.1) is 0 Å². The second kappa shape index (κ2) is 8.51. The van der Waals surface area contributed by atoms with Gasteiger partial charge in [-0.1, -0.05) is 60.7 Å². The Hall–Kier alpha value is 0.426. The number of thioether (sulfide) groups is 1. The van der Waals surface area contributed by atoms with Crippen molar-refractivity contribution in [2.45, 2.75) is 11.5 Å². The zero-order valence-corrected chi connectivity index (χ0v) is 9.41.